The number of rotatable bonds is 2. The van der Waals surface area contributed by atoms with E-state index in [0.29, 0.717) is 17.3 Å². The predicted octanol–water partition coefficient (Wildman–Crippen LogP) is 3.17. The van der Waals surface area contributed by atoms with Gasteiger partial charge in [-0.25, -0.2) is 0 Å². The molecule has 82 valence electrons. The summed E-state index contributed by atoms with van der Waals surface area (Å²) in [6.07, 6.45) is 3.40. The number of carboxylic acids is 1. The Morgan fingerprint density at radius 2 is 2.07 bits per heavy atom. The van der Waals surface area contributed by atoms with E-state index in [1.807, 2.05) is 6.92 Å². The van der Waals surface area contributed by atoms with Crippen LogP contribution in [0.25, 0.3) is 0 Å². The molecule has 0 heterocycles. The van der Waals surface area contributed by atoms with Crippen LogP contribution in [0.5, 0.6) is 0 Å². The van der Waals surface area contributed by atoms with Crippen LogP contribution in [0.4, 0.5) is 0 Å². The van der Waals surface area contributed by atoms with Crippen LogP contribution in [0, 0.1) is 23.2 Å². The first-order valence-electron chi connectivity index (χ1n) is 5.56. The summed E-state index contributed by atoms with van der Waals surface area (Å²) in [5.41, 5.74) is 0.411. The third-order valence-electron chi connectivity index (χ3n) is 3.79. The Kier molecular flexibility index (Phi) is 3.23. The monoisotopic (exact) mass is 198 g/mol. The highest BCUT2D eigenvalue weighted by molar-refractivity contribution is 5.69. The topological polar surface area (TPSA) is 37.3 Å². The first-order chi connectivity index (χ1) is 6.33. The Labute approximate surface area is 86.7 Å². The van der Waals surface area contributed by atoms with Crippen LogP contribution in [-0.2, 0) is 4.79 Å². The quantitative estimate of drug-likeness (QED) is 0.740. The van der Waals surface area contributed by atoms with Crippen LogP contribution in [0.2, 0.25) is 0 Å². The zero-order valence-corrected chi connectivity index (χ0v) is 9.71. The van der Waals surface area contributed by atoms with Gasteiger partial charge in [0, 0.05) is 0 Å². The van der Waals surface area contributed by atoms with Gasteiger partial charge >= 0.3 is 5.97 Å². The molecule has 1 aliphatic carbocycles. The van der Waals surface area contributed by atoms with E-state index < -0.39 is 5.97 Å². The minimum Gasteiger partial charge on any atom is -0.481 e. The van der Waals surface area contributed by atoms with E-state index >= 15 is 0 Å². The van der Waals surface area contributed by atoms with Gasteiger partial charge in [0.1, 0.15) is 0 Å². The lowest BCUT2D eigenvalue weighted by Gasteiger charge is -2.40. The van der Waals surface area contributed by atoms with Crippen molar-refractivity contribution in [3.63, 3.8) is 0 Å². The van der Waals surface area contributed by atoms with Gasteiger partial charge in [-0.15, -0.1) is 0 Å². The molecule has 1 saturated carbocycles. The Morgan fingerprint density at radius 1 is 1.50 bits per heavy atom. The average Bonchev–Trinajstić information content (AvgIpc) is 2.01. The van der Waals surface area contributed by atoms with Gasteiger partial charge in [0.05, 0.1) is 5.92 Å². The third-order valence-corrected chi connectivity index (χ3v) is 3.79. The van der Waals surface area contributed by atoms with E-state index in [1.54, 1.807) is 0 Å². The Bertz CT molecular complexity index is 220. The number of hydrogen-bond donors (Lipinski definition) is 1. The third kappa shape index (κ3) is 2.49. The zero-order valence-electron chi connectivity index (χ0n) is 9.71. The number of carboxylic acid groups (broad SMARTS) is 1. The molecule has 0 aromatic carbocycles. The first kappa shape index (κ1) is 11.5. The van der Waals surface area contributed by atoms with Crippen molar-refractivity contribution in [2.75, 3.05) is 0 Å². The second kappa shape index (κ2) is 3.92. The molecule has 0 spiro atoms. The maximum absolute atomic E-state index is 10.9. The van der Waals surface area contributed by atoms with Crippen molar-refractivity contribution in [1.29, 1.82) is 0 Å². The molecule has 3 unspecified atom stereocenters. The molecular weight excluding hydrogens is 176 g/mol. The fourth-order valence-corrected chi connectivity index (χ4v) is 2.89. The molecule has 14 heavy (non-hydrogen) atoms. The fourth-order valence-electron chi connectivity index (χ4n) is 2.89. The summed E-state index contributed by atoms with van der Waals surface area (Å²) in [6, 6.07) is 0. The van der Waals surface area contributed by atoms with Crippen molar-refractivity contribution in [3.8, 4) is 0 Å². The van der Waals surface area contributed by atoms with Crippen LogP contribution in [-0.4, -0.2) is 11.1 Å². The van der Waals surface area contributed by atoms with Crippen LogP contribution in [0.15, 0.2) is 0 Å². The number of hydrogen-bond acceptors (Lipinski definition) is 1. The molecule has 0 aromatic heterocycles. The summed E-state index contributed by atoms with van der Waals surface area (Å²) in [4.78, 5) is 10.9. The molecule has 0 bridgehead atoms. The minimum atomic E-state index is -0.637. The smallest absolute Gasteiger partial charge is 0.306 e. The number of aliphatic carboxylic acids is 1. The first-order valence-corrected chi connectivity index (χ1v) is 5.56. The van der Waals surface area contributed by atoms with E-state index in [0.717, 1.165) is 12.8 Å². The van der Waals surface area contributed by atoms with E-state index in [4.69, 9.17) is 5.11 Å². The molecule has 3 atom stereocenters. The highest BCUT2D eigenvalue weighted by Crippen LogP contribution is 2.44. The van der Waals surface area contributed by atoms with E-state index in [1.165, 1.54) is 6.42 Å². The fraction of sp³-hybridized carbons (Fsp3) is 0.917. The van der Waals surface area contributed by atoms with Crippen molar-refractivity contribution in [3.05, 3.63) is 0 Å². The summed E-state index contributed by atoms with van der Waals surface area (Å²) in [5, 5.41) is 8.98. The molecule has 0 aromatic rings. The van der Waals surface area contributed by atoms with Crippen molar-refractivity contribution in [2.24, 2.45) is 23.2 Å². The predicted molar refractivity (Wildman–Crippen MR) is 57.1 cm³/mol. The lowest BCUT2D eigenvalue weighted by atomic mass is 9.64. The van der Waals surface area contributed by atoms with Crippen LogP contribution < -0.4 is 0 Å². The second-order valence-electron chi connectivity index (χ2n) is 5.68. The summed E-state index contributed by atoms with van der Waals surface area (Å²) in [7, 11) is 0. The Balaban J connectivity index is 2.62. The van der Waals surface area contributed by atoms with E-state index in [-0.39, 0.29) is 5.92 Å². The van der Waals surface area contributed by atoms with Crippen molar-refractivity contribution in [2.45, 2.75) is 47.0 Å². The van der Waals surface area contributed by atoms with Gasteiger partial charge in [0.2, 0.25) is 0 Å². The largest absolute Gasteiger partial charge is 0.481 e. The Morgan fingerprint density at radius 3 is 2.50 bits per heavy atom. The highest BCUT2D eigenvalue weighted by Gasteiger charge is 2.36. The molecule has 2 heteroatoms. The van der Waals surface area contributed by atoms with E-state index in [2.05, 4.69) is 20.8 Å². The molecule has 1 N–H and O–H groups in total. The van der Waals surface area contributed by atoms with Gasteiger partial charge in [-0.1, -0.05) is 27.7 Å². The van der Waals surface area contributed by atoms with Gasteiger partial charge in [-0.3, -0.25) is 4.79 Å². The normalized spacial score (nSPS) is 33.7. The SMILES string of the molecule is CC1CC(C)(C)CCC1C(C)C(=O)O. The molecule has 2 nitrogen and oxygen atoms in total. The maximum Gasteiger partial charge on any atom is 0.306 e. The van der Waals surface area contributed by atoms with Gasteiger partial charge in [-0.2, -0.15) is 0 Å². The van der Waals surface area contributed by atoms with Crippen LogP contribution in [0.1, 0.15) is 47.0 Å². The summed E-state index contributed by atoms with van der Waals surface area (Å²) >= 11 is 0. The molecule has 1 aliphatic rings. The molecule has 1 rings (SSSR count). The molecule has 0 saturated heterocycles. The molecule has 0 radical (unpaired) electrons. The summed E-state index contributed by atoms with van der Waals surface area (Å²) in [5.74, 6) is 0.105. The Hall–Kier alpha value is -0.530. The highest BCUT2D eigenvalue weighted by atomic mass is 16.4. The summed E-state index contributed by atoms with van der Waals surface area (Å²) < 4.78 is 0. The van der Waals surface area contributed by atoms with Crippen molar-refractivity contribution in [1.82, 2.24) is 0 Å². The summed E-state index contributed by atoms with van der Waals surface area (Å²) in [6.45, 7) is 8.61. The number of carbonyl (C=O) groups is 1. The molecule has 0 aliphatic heterocycles. The zero-order chi connectivity index (χ0) is 10.9. The van der Waals surface area contributed by atoms with Crippen molar-refractivity contribution >= 4 is 5.97 Å². The molecule has 1 fully saturated rings. The second-order valence-corrected chi connectivity index (χ2v) is 5.68. The lowest BCUT2D eigenvalue weighted by Crippen LogP contribution is -2.34. The average molecular weight is 198 g/mol. The van der Waals surface area contributed by atoms with Crippen molar-refractivity contribution < 1.29 is 9.90 Å². The van der Waals surface area contributed by atoms with Crippen LogP contribution in [0.3, 0.4) is 0 Å². The molecule has 0 amide bonds. The van der Waals surface area contributed by atoms with Gasteiger partial charge < -0.3 is 5.11 Å². The maximum atomic E-state index is 10.9. The standard InChI is InChI=1S/C12H22O2/c1-8-7-12(3,4)6-5-10(8)9(2)11(13)14/h8-10H,5-7H2,1-4H3,(H,13,14). The van der Waals surface area contributed by atoms with E-state index in [9.17, 15) is 4.79 Å². The molecular formula is C12H22O2. The van der Waals surface area contributed by atoms with Gasteiger partial charge in [0.25, 0.3) is 0 Å². The minimum absolute atomic E-state index is 0.180. The van der Waals surface area contributed by atoms with Gasteiger partial charge in [-0.05, 0) is 36.5 Å². The van der Waals surface area contributed by atoms with Crippen LogP contribution >= 0.6 is 0 Å². The lowest BCUT2D eigenvalue weighted by molar-refractivity contribution is -0.144. The van der Waals surface area contributed by atoms with Gasteiger partial charge in [0.15, 0.2) is 0 Å².